The first-order chi connectivity index (χ1) is 16.1. The monoisotopic (exact) mass is 459 g/mol. The van der Waals surface area contributed by atoms with Crippen molar-refractivity contribution >= 4 is 39.1 Å². The van der Waals surface area contributed by atoms with Crippen LogP contribution in [0, 0.1) is 6.92 Å². The van der Waals surface area contributed by atoms with Crippen LogP contribution < -0.4 is 5.32 Å². The van der Waals surface area contributed by atoms with Crippen molar-refractivity contribution in [2.24, 2.45) is 0 Å². The molecule has 0 bridgehead atoms. The van der Waals surface area contributed by atoms with Crippen molar-refractivity contribution in [2.45, 2.75) is 13.3 Å². The van der Waals surface area contributed by atoms with Gasteiger partial charge in [0.25, 0.3) is 5.91 Å². The third-order valence-electron chi connectivity index (χ3n) is 5.97. The second-order valence-corrected chi connectivity index (χ2v) is 9.14. The SMILES string of the molecule is Cc1c(-c2ccccc2)sc(NC(=O)Cc2c[nH]c3ccccc23)c1C(=O)N1CCOCC1. The zero-order valence-corrected chi connectivity index (χ0v) is 19.2. The number of H-pyrrole nitrogens is 1. The zero-order valence-electron chi connectivity index (χ0n) is 18.4. The normalized spacial score (nSPS) is 13.9. The smallest absolute Gasteiger partial charge is 0.257 e. The lowest BCUT2D eigenvalue weighted by molar-refractivity contribution is -0.115. The van der Waals surface area contributed by atoms with Gasteiger partial charge < -0.3 is 19.9 Å². The average molecular weight is 460 g/mol. The minimum absolute atomic E-state index is 0.0587. The van der Waals surface area contributed by atoms with Gasteiger partial charge in [0.15, 0.2) is 0 Å². The van der Waals surface area contributed by atoms with Gasteiger partial charge in [-0.3, -0.25) is 9.59 Å². The molecule has 2 aromatic carbocycles. The maximum Gasteiger partial charge on any atom is 0.257 e. The van der Waals surface area contributed by atoms with Gasteiger partial charge in [-0.15, -0.1) is 11.3 Å². The largest absolute Gasteiger partial charge is 0.378 e. The van der Waals surface area contributed by atoms with Crippen LogP contribution in [-0.2, 0) is 16.0 Å². The number of hydrogen-bond donors (Lipinski definition) is 2. The number of aromatic amines is 1. The number of carbonyl (C=O) groups excluding carboxylic acids is 2. The molecule has 1 aliphatic heterocycles. The standard InChI is InChI=1S/C26H25N3O3S/c1-17-23(26(31)29-11-13-32-14-12-29)25(33-24(17)18-7-3-2-4-8-18)28-22(30)15-19-16-27-21-10-6-5-9-20(19)21/h2-10,16,27H,11-15H2,1H3,(H,28,30). The van der Waals surface area contributed by atoms with E-state index in [1.165, 1.54) is 11.3 Å². The molecule has 0 aliphatic carbocycles. The Morgan fingerprint density at radius 1 is 1.06 bits per heavy atom. The Bertz CT molecular complexity index is 1300. The zero-order chi connectivity index (χ0) is 22.8. The van der Waals surface area contributed by atoms with Crippen LogP contribution in [0.1, 0.15) is 21.5 Å². The summed E-state index contributed by atoms with van der Waals surface area (Å²) in [5.41, 5.74) is 4.44. The van der Waals surface area contributed by atoms with Crippen molar-refractivity contribution in [1.82, 2.24) is 9.88 Å². The van der Waals surface area contributed by atoms with Gasteiger partial charge in [0.2, 0.25) is 5.91 Å². The molecule has 3 heterocycles. The summed E-state index contributed by atoms with van der Waals surface area (Å²) in [4.78, 5) is 32.6. The van der Waals surface area contributed by atoms with Crippen molar-refractivity contribution in [3.05, 3.63) is 77.5 Å². The molecule has 5 rings (SSSR count). The van der Waals surface area contributed by atoms with Gasteiger partial charge in [0.05, 0.1) is 25.2 Å². The molecular formula is C26H25N3O3S. The van der Waals surface area contributed by atoms with Gasteiger partial charge in [-0.2, -0.15) is 0 Å². The van der Waals surface area contributed by atoms with Crippen molar-refractivity contribution < 1.29 is 14.3 Å². The van der Waals surface area contributed by atoms with E-state index in [9.17, 15) is 9.59 Å². The molecule has 1 fully saturated rings. The topological polar surface area (TPSA) is 74.4 Å². The summed E-state index contributed by atoms with van der Waals surface area (Å²) < 4.78 is 5.42. The number of carbonyl (C=O) groups is 2. The molecule has 1 aliphatic rings. The van der Waals surface area contributed by atoms with Crippen molar-refractivity contribution in [3.63, 3.8) is 0 Å². The molecule has 2 aromatic heterocycles. The van der Waals surface area contributed by atoms with Crippen LogP contribution in [0.4, 0.5) is 5.00 Å². The Balaban J connectivity index is 1.47. The Hall–Kier alpha value is -3.42. The molecule has 0 spiro atoms. The summed E-state index contributed by atoms with van der Waals surface area (Å²) in [6.07, 6.45) is 2.10. The number of para-hydroxylation sites is 1. The van der Waals surface area contributed by atoms with E-state index >= 15 is 0 Å². The third-order valence-corrected chi connectivity index (χ3v) is 7.23. The van der Waals surface area contributed by atoms with E-state index in [0.717, 1.165) is 32.5 Å². The molecule has 0 saturated carbocycles. The van der Waals surface area contributed by atoms with Gasteiger partial charge >= 0.3 is 0 Å². The summed E-state index contributed by atoms with van der Waals surface area (Å²) in [5, 5.41) is 4.69. The molecule has 1 saturated heterocycles. The number of ether oxygens (including phenoxy) is 1. The summed E-state index contributed by atoms with van der Waals surface area (Å²) in [6.45, 7) is 4.13. The van der Waals surface area contributed by atoms with E-state index in [2.05, 4.69) is 10.3 Å². The lowest BCUT2D eigenvalue weighted by atomic mass is 10.1. The molecule has 168 valence electrons. The summed E-state index contributed by atoms with van der Waals surface area (Å²) in [7, 11) is 0. The lowest BCUT2D eigenvalue weighted by Crippen LogP contribution is -2.41. The number of hydrogen-bond acceptors (Lipinski definition) is 4. The molecule has 33 heavy (non-hydrogen) atoms. The van der Waals surface area contributed by atoms with Crippen LogP contribution in [0.3, 0.4) is 0 Å². The second kappa shape index (κ2) is 9.21. The number of morpholine rings is 1. The Morgan fingerprint density at radius 3 is 2.58 bits per heavy atom. The van der Waals surface area contributed by atoms with Crippen molar-refractivity contribution in [2.75, 3.05) is 31.6 Å². The fraction of sp³-hybridized carbons (Fsp3) is 0.231. The number of benzene rings is 2. The fourth-order valence-electron chi connectivity index (χ4n) is 4.27. The summed E-state index contributed by atoms with van der Waals surface area (Å²) >= 11 is 1.46. The Morgan fingerprint density at radius 2 is 1.79 bits per heavy atom. The first-order valence-electron chi connectivity index (χ1n) is 11.0. The molecule has 0 atom stereocenters. The number of nitrogens with zero attached hydrogens (tertiary/aromatic N) is 1. The summed E-state index contributed by atoms with van der Waals surface area (Å²) in [5.74, 6) is -0.201. The van der Waals surface area contributed by atoms with Crippen LogP contribution in [0.2, 0.25) is 0 Å². The van der Waals surface area contributed by atoms with Gasteiger partial charge in [0, 0.05) is 35.1 Å². The van der Waals surface area contributed by atoms with E-state index in [-0.39, 0.29) is 18.2 Å². The highest BCUT2D eigenvalue weighted by atomic mass is 32.1. The molecule has 0 radical (unpaired) electrons. The van der Waals surface area contributed by atoms with Gasteiger partial charge in [0.1, 0.15) is 5.00 Å². The predicted molar refractivity (Wildman–Crippen MR) is 132 cm³/mol. The van der Waals surface area contributed by atoms with Gasteiger partial charge in [-0.25, -0.2) is 0 Å². The number of thiophene rings is 1. The van der Waals surface area contributed by atoms with Crippen molar-refractivity contribution in [3.8, 4) is 10.4 Å². The van der Waals surface area contributed by atoms with Gasteiger partial charge in [-0.1, -0.05) is 48.5 Å². The van der Waals surface area contributed by atoms with Crippen LogP contribution in [0.15, 0.2) is 60.8 Å². The highest BCUT2D eigenvalue weighted by Gasteiger charge is 2.28. The number of anilines is 1. The first kappa shape index (κ1) is 21.4. The lowest BCUT2D eigenvalue weighted by Gasteiger charge is -2.27. The van der Waals surface area contributed by atoms with Crippen molar-refractivity contribution in [1.29, 1.82) is 0 Å². The van der Waals surface area contributed by atoms with Crippen LogP contribution >= 0.6 is 11.3 Å². The quantitative estimate of drug-likeness (QED) is 0.448. The maximum absolute atomic E-state index is 13.5. The van der Waals surface area contributed by atoms with Crippen LogP contribution in [-0.4, -0.2) is 48.0 Å². The number of fused-ring (bicyclic) bond motifs is 1. The molecule has 2 amide bonds. The van der Waals surface area contributed by atoms with Gasteiger partial charge in [-0.05, 0) is 29.7 Å². The van der Waals surface area contributed by atoms with E-state index in [4.69, 9.17) is 4.74 Å². The highest BCUT2D eigenvalue weighted by Crippen LogP contribution is 2.40. The third kappa shape index (κ3) is 4.29. The maximum atomic E-state index is 13.5. The fourth-order valence-corrected chi connectivity index (χ4v) is 5.49. The minimum Gasteiger partial charge on any atom is -0.378 e. The molecule has 4 aromatic rings. The van der Waals surface area contributed by atoms with Crippen LogP contribution in [0.5, 0.6) is 0 Å². The molecular weight excluding hydrogens is 434 g/mol. The van der Waals surface area contributed by atoms with E-state index in [1.807, 2.05) is 72.6 Å². The Labute approximate surface area is 196 Å². The van der Waals surface area contributed by atoms with E-state index in [0.29, 0.717) is 36.9 Å². The molecule has 2 N–H and O–H groups in total. The number of nitrogens with one attached hydrogen (secondary N) is 2. The van der Waals surface area contributed by atoms with E-state index in [1.54, 1.807) is 0 Å². The second-order valence-electron chi connectivity index (χ2n) is 8.12. The Kier molecular flexibility index (Phi) is 5.98. The average Bonchev–Trinajstić information content (AvgIpc) is 3.40. The predicted octanol–water partition coefficient (Wildman–Crippen LogP) is 4.86. The number of amides is 2. The number of rotatable bonds is 5. The van der Waals surface area contributed by atoms with Crippen LogP contribution in [0.25, 0.3) is 21.3 Å². The highest BCUT2D eigenvalue weighted by molar-refractivity contribution is 7.20. The molecule has 7 heteroatoms. The molecule has 6 nitrogen and oxygen atoms in total. The summed E-state index contributed by atoms with van der Waals surface area (Å²) in [6, 6.07) is 17.9. The first-order valence-corrected chi connectivity index (χ1v) is 11.8. The molecule has 0 unspecified atom stereocenters. The van der Waals surface area contributed by atoms with E-state index < -0.39 is 0 Å². The number of aromatic nitrogens is 1. The minimum atomic E-state index is -0.142.